The maximum absolute atomic E-state index is 7.58. The Hall–Kier alpha value is -1.94. The summed E-state index contributed by atoms with van der Waals surface area (Å²) in [6.07, 6.45) is 15.0. The Bertz CT molecular complexity index is 1350. The zero-order valence-corrected chi connectivity index (χ0v) is 23.5. The second-order valence-corrected chi connectivity index (χ2v) is 14.4. The molecule has 8 rings (SSSR count). The van der Waals surface area contributed by atoms with Crippen molar-refractivity contribution >= 4 is 10.8 Å². The van der Waals surface area contributed by atoms with Gasteiger partial charge in [-0.25, -0.2) is 0 Å². The van der Waals surface area contributed by atoms with Crippen molar-refractivity contribution in [2.45, 2.75) is 88.4 Å². The Morgan fingerprint density at radius 1 is 0.974 bits per heavy atom. The Balaban J connectivity index is 1.10. The average molecular weight is 510 g/mol. The first kappa shape index (κ1) is 23.9. The van der Waals surface area contributed by atoms with Gasteiger partial charge in [-0.15, -0.1) is 0 Å². The Labute approximate surface area is 228 Å². The van der Waals surface area contributed by atoms with E-state index in [1.165, 1.54) is 73.3 Å². The molecule has 2 bridgehead atoms. The van der Waals surface area contributed by atoms with Crippen LogP contribution in [-0.2, 0) is 9.47 Å². The summed E-state index contributed by atoms with van der Waals surface area (Å²) in [4.78, 5) is 2.64. The van der Waals surface area contributed by atoms with Crippen LogP contribution in [0, 0.1) is 16.7 Å². The summed E-state index contributed by atoms with van der Waals surface area (Å²) in [5.74, 6) is 1.21. The van der Waals surface area contributed by atoms with Gasteiger partial charge in [0.2, 0.25) is 0 Å². The minimum absolute atomic E-state index is 0.0369. The number of nitrogens with zero attached hydrogens (tertiary/aromatic N) is 1. The van der Waals surface area contributed by atoms with Gasteiger partial charge in [-0.2, -0.15) is 0 Å². The van der Waals surface area contributed by atoms with E-state index >= 15 is 0 Å². The molecule has 6 aliphatic rings. The van der Waals surface area contributed by atoms with Gasteiger partial charge in [-0.1, -0.05) is 68.5 Å². The average Bonchev–Trinajstić information content (AvgIpc) is 3.42. The van der Waals surface area contributed by atoms with Crippen LogP contribution in [0.4, 0.5) is 0 Å². The highest BCUT2D eigenvalue weighted by molar-refractivity contribution is 5.83. The Morgan fingerprint density at radius 2 is 1.82 bits per heavy atom. The molecule has 0 radical (unpaired) electrons. The topological polar surface area (TPSA) is 21.7 Å². The standard InChI is InChI=1S/C35H43NO2/c1-32(22-37-23-32)21-36(3)29-11-10-27-19-28-14-15-33(2)30(26-9-8-24-6-4-5-7-25(24)18-26)12-13-31(33)35(28)17-16-34(27,20-29)38-35/h4-9,14,18-19,29-31H,10-13,15-17,20-23H2,1-3H3/t29-,30+,31+,33+,34?,35+/m0/s1. The number of rotatable bonds is 4. The first-order valence-corrected chi connectivity index (χ1v) is 15.2. The van der Waals surface area contributed by atoms with E-state index in [4.69, 9.17) is 9.47 Å². The Morgan fingerprint density at radius 3 is 2.63 bits per heavy atom. The molecule has 2 saturated carbocycles. The number of hydrogen-bond donors (Lipinski definition) is 0. The minimum atomic E-state index is -0.0731. The third-order valence-electron chi connectivity index (χ3n) is 12.0. The van der Waals surface area contributed by atoms with E-state index in [0.717, 1.165) is 19.8 Å². The summed E-state index contributed by atoms with van der Waals surface area (Å²) in [6.45, 7) is 7.93. The third-order valence-corrected chi connectivity index (χ3v) is 12.0. The largest absolute Gasteiger partial charge is 0.380 e. The quantitative estimate of drug-likeness (QED) is 0.428. The molecule has 38 heavy (non-hydrogen) atoms. The first-order chi connectivity index (χ1) is 18.3. The molecular weight excluding hydrogens is 466 g/mol. The molecule has 6 atom stereocenters. The maximum atomic E-state index is 7.58. The van der Waals surface area contributed by atoms with Crippen LogP contribution >= 0.6 is 0 Å². The van der Waals surface area contributed by atoms with Gasteiger partial charge in [0.15, 0.2) is 0 Å². The zero-order chi connectivity index (χ0) is 25.8. The van der Waals surface area contributed by atoms with Crippen molar-refractivity contribution in [3.63, 3.8) is 0 Å². The molecule has 3 nitrogen and oxygen atoms in total. The van der Waals surface area contributed by atoms with Crippen molar-refractivity contribution in [3.8, 4) is 0 Å². The monoisotopic (exact) mass is 509 g/mol. The molecule has 200 valence electrons. The lowest BCUT2D eigenvalue weighted by Crippen LogP contribution is -2.56. The molecule has 0 aromatic heterocycles. The van der Waals surface area contributed by atoms with E-state index in [2.05, 4.69) is 80.4 Å². The molecule has 4 fully saturated rings. The van der Waals surface area contributed by atoms with E-state index in [1.807, 2.05) is 0 Å². The predicted octanol–water partition coefficient (Wildman–Crippen LogP) is 7.42. The second-order valence-electron chi connectivity index (χ2n) is 14.4. The van der Waals surface area contributed by atoms with Gasteiger partial charge in [0.25, 0.3) is 0 Å². The molecule has 1 unspecified atom stereocenters. The van der Waals surface area contributed by atoms with Gasteiger partial charge in [0.05, 0.1) is 24.4 Å². The smallest absolute Gasteiger partial charge is 0.0974 e. The van der Waals surface area contributed by atoms with Crippen molar-refractivity contribution < 1.29 is 9.47 Å². The lowest BCUT2D eigenvalue weighted by Gasteiger charge is -2.55. The third kappa shape index (κ3) is 3.25. The van der Waals surface area contributed by atoms with Crippen LogP contribution < -0.4 is 0 Å². The summed E-state index contributed by atoms with van der Waals surface area (Å²) in [6, 6.07) is 16.7. The van der Waals surface area contributed by atoms with E-state index in [-0.39, 0.29) is 16.6 Å². The SMILES string of the molecule is CN(CC1(C)COC1)[C@H]1CCC2=CC3=CC[C@]4(C)[C@@H](c5ccc6ccccc6c5)CC[C@H]4[C@@]34CCC2(C1)O4. The fourth-order valence-corrected chi connectivity index (χ4v) is 10.0. The molecule has 2 aromatic carbocycles. The van der Waals surface area contributed by atoms with E-state index in [9.17, 15) is 0 Å². The van der Waals surface area contributed by atoms with E-state index in [1.54, 1.807) is 5.57 Å². The number of hydrogen-bond acceptors (Lipinski definition) is 3. The molecule has 0 N–H and O–H groups in total. The van der Waals surface area contributed by atoms with Crippen molar-refractivity contribution in [2.75, 3.05) is 26.8 Å². The Kier molecular flexibility index (Phi) is 5.07. The highest BCUT2D eigenvalue weighted by Crippen LogP contribution is 2.69. The van der Waals surface area contributed by atoms with Crippen LogP contribution in [0.1, 0.15) is 76.7 Å². The molecule has 2 aromatic rings. The lowest BCUT2D eigenvalue weighted by atomic mass is 9.58. The zero-order valence-electron chi connectivity index (χ0n) is 23.5. The number of ether oxygens (including phenoxy) is 2. The summed E-state index contributed by atoms with van der Waals surface area (Å²) in [5.41, 5.74) is 5.15. The summed E-state index contributed by atoms with van der Waals surface area (Å²) in [5, 5.41) is 2.73. The molecule has 3 heterocycles. The normalized spacial score (nSPS) is 40.7. The number of allylic oxidation sites excluding steroid dienone is 1. The van der Waals surface area contributed by atoms with Crippen LogP contribution in [-0.4, -0.2) is 49.0 Å². The summed E-state index contributed by atoms with van der Waals surface area (Å²) < 4.78 is 13.1. The van der Waals surface area contributed by atoms with Crippen LogP contribution in [0.5, 0.6) is 0 Å². The van der Waals surface area contributed by atoms with Crippen molar-refractivity contribution in [3.05, 3.63) is 71.3 Å². The maximum Gasteiger partial charge on any atom is 0.0974 e. The highest BCUT2D eigenvalue weighted by Gasteiger charge is 2.66. The fraction of sp³-hybridized carbons (Fsp3) is 0.600. The molecule has 2 spiro atoms. The van der Waals surface area contributed by atoms with Gasteiger partial charge in [0.1, 0.15) is 0 Å². The van der Waals surface area contributed by atoms with Crippen LogP contribution in [0.15, 0.2) is 65.8 Å². The van der Waals surface area contributed by atoms with Crippen molar-refractivity contribution in [1.82, 2.24) is 4.90 Å². The minimum Gasteiger partial charge on any atom is -0.380 e. The van der Waals surface area contributed by atoms with Crippen LogP contribution in [0.2, 0.25) is 0 Å². The molecule has 3 aliphatic heterocycles. The van der Waals surface area contributed by atoms with Gasteiger partial charge < -0.3 is 14.4 Å². The number of benzene rings is 2. The van der Waals surface area contributed by atoms with E-state index in [0.29, 0.717) is 23.3 Å². The van der Waals surface area contributed by atoms with Crippen LogP contribution in [0.25, 0.3) is 10.8 Å². The molecule has 3 aliphatic carbocycles. The van der Waals surface area contributed by atoms with Gasteiger partial charge in [-0.3, -0.25) is 0 Å². The molecule has 2 saturated heterocycles. The van der Waals surface area contributed by atoms with Crippen LogP contribution in [0.3, 0.4) is 0 Å². The highest BCUT2D eigenvalue weighted by atomic mass is 16.5. The van der Waals surface area contributed by atoms with Crippen molar-refractivity contribution in [2.24, 2.45) is 16.7 Å². The first-order valence-electron chi connectivity index (χ1n) is 15.2. The van der Waals surface area contributed by atoms with E-state index < -0.39 is 0 Å². The lowest BCUT2D eigenvalue weighted by molar-refractivity contribution is -0.147. The fourth-order valence-electron chi connectivity index (χ4n) is 10.0. The molecule has 0 amide bonds. The van der Waals surface area contributed by atoms with Crippen molar-refractivity contribution in [1.29, 1.82) is 0 Å². The van der Waals surface area contributed by atoms with Gasteiger partial charge >= 0.3 is 0 Å². The van der Waals surface area contributed by atoms with Gasteiger partial charge in [0, 0.05) is 18.0 Å². The van der Waals surface area contributed by atoms with Gasteiger partial charge in [-0.05, 0) is 103 Å². The second kappa shape index (κ2) is 8.05. The predicted molar refractivity (Wildman–Crippen MR) is 153 cm³/mol. The summed E-state index contributed by atoms with van der Waals surface area (Å²) in [7, 11) is 2.35. The number of fused-ring (bicyclic) bond motifs is 2. The summed E-state index contributed by atoms with van der Waals surface area (Å²) >= 11 is 0. The molecule has 3 heteroatoms. The molecular formula is C35H43NO2.